The second kappa shape index (κ2) is 5.60. The van der Waals surface area contributed by atoms with E-state index >= 15 is 0 Å². The molecule has 17 heavy (non-hydrogen) atoms. The van der Waals surface area contributed by atoms with Gasteiger partial charge >= 0.3 is 5.97 Å². The molecular weight excluding hydrogens is 227 g/mol. The minimum atomic E-state index is -1.04. The minimum absolute atomic E-state index is 0.104. The van der Waals surface area contributed by atoms with Crippen LogP contribution in [0.25, 0.3) is 0 Å². The lowest BCUT2D eigenvalue weighted by molar-refractivity contribution is -0.137. The lowest BCUT2D eigenvalue weighted by atomic mass is 9.98. The summed E-state index contributed by atoms with van der Waals surface area (Å²) in [6, 6.07) is 2.70. The molecule has 0 aromatic heterocycles. The first-order valence-corrected chi connectivity index (χ1v) is 5.02. The summed E-state index contributed by atoms with van der Waals surface area (Å²) in [7, 11) is 1.36. The first-order valence-electron chi connectivity index (χ1n) is 5.02. The third kappa shape index (κ3) is 3.40. The Labute approximate surface area is 98.2 Å². The molecule has 94 valence electrons. The van der Waals surface area contributed by atoms with Crippen molar-refractivity contribution in [2.75, 3.05) is 7.11 Å². The number of rotatable bonds is 5. The normalized spacial score (nSPS) is 14.1. The number of methoxy groups -OCH3 is 1. The van der Waals surface area contributed by atoms with Gasteiger partial charge in [-0.1, -0.05) is 6.07 Å². The zero-order valence-corrected chi connectivity index (χ0v) is 9.39. The highest BCUT2D eigenvalue weighted by molar-refractivity contribution is 5.67. The summed E-state index contributed by atoms with van der Waals surface area (Å²) in [6.45, 7) is 0. The summed E-state index contributed by atoms with van der Waals surface area (Å²) in [5.74, 6) is -1.49. The second-order valence-corrected chi connectivity index (χ2v) is 3.68. The van der Waals surface area contributed by atoms with Crippen LogP contribution in [0.1, 0.15) is 18.0 Å². The Balaban J connectivity index is 2.85. The fraction of sp³-hybridized carbons (Fsp3) is 0.364. The van der Waals surface area contributed by atoms with Crippen LogP contribution in [0.4, 0.5) is 4.39 Å². The average Bonchev–Trinajstić information content (AvgIpc) is 2.27. The van der Waals surface area contributed by atoms with Gasteiger partial charge in [0.05, 0.1) is 13.5 Å². The number of benzene rings is 1. The van der Waals surface area contributed by atoms with Crippen LogP contribution in [-0.2, 0) is 4.79 Å². The van der Waals surface area contributed by atoms with Gasteiger partial charge in [-0.2, -0.15) is 0 Å². The Morgan fingerprint density at radius 1 is 1.53 bits per heavy atom. The molecule has 5 nitrogen and oxygen atoms in total. The van der Waals surface area contributed by atoms with Crippen molar-refractivity contribution in [1.29, 1.82) is 0 Å². The van der Waals surface area contributed by atoms with Gasteiger partial charge in [0, 0.05) is 12.1 Å². The maximum atomic E-state index is 13.4. The fourth-order valence-electron chi connectivity index (χ4n) is 1.47. The fourth-order valence-corrected chi connectivity index (χ4v) is 1.47. The van der Waals surface area contributed by atoms with E-state index in [1.165, 1.54) is 19.2 Å². The summed E-state index contributed by atoms with van der Waals surface area (Å²) >= 11 is 0. The molecule has 2 unspecified atom stereocenters. The molecule has 6 heteroatoms. The summed E-state index contributed by atoms with van der Waals surface area (Å²) in [5, 5.41) is 8.59. The lowest BCUT2D eigenvalue weighted by Gasteiger charge is -2.19. The highest BCUT2D eigenvalue weighted by Gasteiger charge is 2.19. The summed E-state index contributed by atoms with van der Waals surface area (Å²) < 4.78 is 18.2. The van der Waals surface area contributed by atoms with E-state index in [1.807, 2.05) is 0 Å². The monoisotopic (exact) mass is 242 g/mol. The quantitative estimate of drug-likeness (QED) is 0.703. The van der Waals surface area contributed by atoms with Crippen LogP contribution in [-0.4, -0.2) is 24.2 Å². The molecule has 0 radical (unpaired) electrons. The maximum absolute atomic E-state index is 13.4. The Morgan fingerprint density at radius 3 is 2.65 bits per heavy atom. The van der Waals surface area contributed by atoms with Gasteiger partial charge in [-0.15, -0.1) is 0 Å². The van der Waals surface area contributed by atoms with Crippen LogP contribution in [0.2, 0.25) is 0 Å². The third-order valence-corrected chi connectivity index (χ3v) is 2.43. The first kappa shape index (κ1) is 13.4. The molecular formula is C11H15FN2O3. The maximum Gasteiger partial charge on any atom is 0.304 e. The molecule has 1 aromatic carbocycles. The van der Waals surface area contributed by atoms with E-state index in [2.05, 4.69) is 0 Å². The number of carboxylic acid groups (broad SMARTS) is 1. The number of ether oxygens (including phenoxy) is 1. The molecule has 0 aliphatic heterocycles. The number of hydrogen-bond donors (Lipinski definition) is 3. The molecule has 1 aromatic rings. The van der Waals surface area contributed by atoms with Gasteiger partial charge in [0.2, 0.25) is 0 Å². The van der Waals surface area contributed by atoms with Crippen LogP contribution in [0, 0.1) is 5.82 Å². The standard InChI is InChI=1S/C11H15FN2O3/c1-17-9-3-2-6(4-7(9)12)11(14)8(13)5-10(15)16/h2-4,8,11H,5,13-14H2,1H3,(H,15,16). The number of carboxylic acids is 1. The van der Waals surface area contributed by atoms with Gasteiger partial charge in [-0.05, 0) is 17.7 Å². The van der Waals surface area contributed by atoms with Gasteiger partial charge in [0.1, 0.15) is 0 Å². The van der Waals surface area contributed by atoms with Crippen molar-refractivity contribution in [2.45, 2.75) is 18.5 Å². The highest BCUT2D eigenvalue weighted by Crippen LogP contribution is 2.22. The molecule has 0 saturated heterocycles. The third-order valence-electron chi connectivity index (χ3n) is 2.43. The SMILES string of the molecule is COc1ccc(C(N)C(N)CC(=O)O)cc1F. The van der Waals surface area contributed by atoms with E-state index in [1.54, 1.807) is 6.07 Å². The van der Waals surface area contributed by atoms with Crippen molar-refractivity contribution in [1.82, 2.24) is 0 Å². The van der Waals surface area contributed by atoms with Crippen molar-refractivity contribution < 1.29 is 19.0 Å². The molecule has 0 aliphatic carbocycles. The molecule has 1 rings (SSSR count). The minimum Gasteiger partial charge on any atom is -0.494 e. The lowest BCUT2D eigenvalue weighted by Crippen LogP contribution is -2.36. The zero-order chi connectivity index (χ0) is 13.0. The molecule has 0 spiro atoms. The molecule has 0 amide bonds. The van der Waals surface area contributed by atoms with Gasteiger partial charge in [0.25, 0.3) is 0 Å². The van der Waals surface area contributed by atoms with E-state index in [9.17, 15) is 9.18 Å². The molecule has 0 saturated carbocycles. The average molecular weight is 242 g/mol. The molecule has 2 atom stereocenters. The van der Waals surface area contributed by atoms with Crippen LogP contribution in [0.15, 0.2) is 18.2 Å². The number of aliphatic carboxylic acids is 1. The van der Waals surface area contributed by atoms with Crippen molar-refractivity contribution in [3.8, 4) is 5.75 Å². The number of halogens is 1. The Bertz CT molecular complexity index is 412. The number of carbonyl (C=O) groups is 1. The summed E-state index contributed by atoms with van der Waals surface area (Å²) in [4.78, 5) is 10.5. The van der Waals surface area contributed by atoms with Crippen LogP contribution >= 0.6 is 0 Å². The molecule has 0 aliphatic rings. The number of hydrogen-bond acceptors (Lipinski definition) is 4. The summed E-state index contributed by atoms with van der Waals surface area (Å²) in [5.41, 5.74) is 11.8. The smallest absolute Gasteiger partial charge is 0.304 e. The van der Waals surface area contributed by atoms with Crippen molar-refractivity contribution in [3.05, 3.63) is 29.6 Å². The largest absolute Gasteiger partial charge is 0.494 e. The number of nitrogens with two attached hydrogens (primary N) is 2. The first-order chi connectivity index (χ1) is 7.95. The van der Waals surface area contributed by atoms with Crippen molar-refractivity contribution in [3.63, 3.8) is 0 Å². The Hall–Kier alpha value is -1.66. The van der Waals surface area contributed by atoms with Crippen molar-refractivity contribution >= 4 is 5.97 Å². The van der Waals surface area contributed by atoms with Gasteiger partial charge in [-0.25, -0.2) is 4.39 Å². The van der Waals surface area contributed by atoms with Gasteiger partial charge in [0.15, 0.2) is 11.6 Å². The van der Waals surface area contributed by atoms with E-state index in [0.717, 1.165) is 0 Å². The highest BCUT2D eigenvalue weighted by atomic mass is 19.1. The predicted molar refractivity (Wildman–Crippen MR) is 60.1 cm³/mol. The topological polar surface area (TPSA) is 98.6 Å². The van der Waals surface area contributed by atoms with Crippen molar-refractivity contribution in [2.24, 2.45) is 11.5 Å². The Morgan fingerprint density at radius 2 is 2.18 bits per heavy atom. The predicted octanol–water partition coefficient (Wildman–Crippen LogP) is 0.636. The molecule has 0 fully saturated rings. The van der Waals surface area contributed by atoms with E-state index in [-0.39, 0.29) is 12.2 Å². The van der Waals surface area contributed by atoms with E-state index in [4.69, 9.17) is 21.3 Å². The molecule has 0 heterocycles. The zero-order valence-electron chi connectivity index (χ0n) is 9.39. The second-order valence-electron chi connectivity index (χ2n) is 3.68. The summed E-state index contributed by atoms with van der Waals surface area (Å²) in [6.07, 6.45) is -0.269. The van der Waals surface area contributed by atoms with Gasteiger partial charge in [-0.3, -0.25) is 4.79 Å². The van der Waals surface area contributed by atoms with E-state index in [0.29, 0.717) is 5.56 Å². The molecule has 5 N–H and O–H groups in total. The van der Waals surface area contributed by atoms with E-state index < -0.39 is 23.9 Å². The van der Waals surface area contributed by atoms with Gasteiger partial charge < -0.3 is 21.3 Å². The Kier molecular flexibility index (Phi) is 4.42. The van der Waals surface area contributed by atoms with Crippen LogP contribution in [0.5, 0.6) is 5.75 Å². The molecule has 0 bridgehead atoms. The van der Waals surface area contributed by atoms with Crippen LogP contribution < -0.4 is 16.2 Å². The van der Waals surface area contributed by atoms with Crippen LogP contribution in [0.3, 0.4) is 0 Å².